The number of hydrogen-bond acceptors (Lipinski definition) is 4. The monoisotopic (exact) mass is 242 g/mol. The standard InChI is InChI=1S/C14H10O4/c1-2-5-13(16)18-12-8-11(15)9-6-3-4-7-10(9)14(12)17/h2-8H,1H3/b5-2+. The summed E-state index contributed by atoms with van der Waals surface area (Å²) in [7, 11) is 0. The van der Waals surface area contributed by atoms with Crippen molar-refractivity contribution in [1.29, 1.82) is 0 Å². The molecular formula is C14H10O4. The van der Waals surface area contributed by atoms with Gasteiger partial charge in [0.2, 0.25) is 5.78 Å². The van der Waals surface area contributed by atoms with Gasteiger partial charge in [-0.3, -0.25) is 9.59 Å². The van der Waals surface area contributed by atoms with Crippen LogP contribution in [0.3, 0.4) is 0 Å². The first kappa shape index (κ1) is 12.0. The third-order valence-corrected chi connectivity index (χ3v) is 2.44. The van der Waals surface area contributed by atoms with Gasteiger partial charge in [0, 0.05) is 23.3 Å². The van der Waals surface area contributed by atoms with Crippen LogP contribution < -0.4 is 0 Å². The molecule has 0 amide bonds. The Kier molecular flexibility index (Phi) is 3.19. The van der Waals surface area contributed by atoms with Gasteiger partial charge in [-0.15, -0.1) is 0 Å². The summed E-state index contributed by atoms with van der Waals surface area (Å²) in [5.41, 5.74) is 0.585. The molecule has 0 bridgehead atoms. The number of ketones is 2. The van der Waals surface area contributed by atoms with Crippen molar-refractivity contribution >= 4 is 17.5 Å². The van der Waals surface area contributed by atoms with E-state index < -0.39 is 11.8 Å². The van der Waals surface area contributed by atoms with Crippen LogP contribution in [0.1, 0.15) is 27.6 Å². The summed E-state index contributed by atoms with van der Waals surface area (Å²) in [6, 6.07) is 6.43. The molecule has 0 N–H and O–H groups in total. The average molecular weight is 242 g/mol. The van der Waals surface area contributed by atoms with Crippen LogP contribution in [0.5, 0.6) is 0 Å². The maximum atomic E-state index is 12.0. The molecule has 0 heterocycles. The highest BCUT2D eigenvalue weighted by Crippen LogP contribution is 2.21. The number of carbonyl (C=O) groups is 3. The molecule has 18 heavy (non-hydrogen) atoms. The van der Waals surface area contributed by atoms with Gasteiger partial charge in [0.25, 0.3) is 0 Å². The van der Waals surface area contributed by atoms with Crippen molar-refractivity contribution in [3.05, 3.63) is 59.4 Å². The van der Waals surface area contributed by atoms with Crippen LogP contribution in [0.25, 0.3) is 0 Å². The molecule has 2 rings (SSSR count). The molecule has 0 radical (unpaired) electrons. The van der Waals surface area contributed by atoms with Gasteiger partial charge in [0.15, 0.2) is 11.5 Å². The number of benzene rings is 1. The van der Waals surface area contributed by atoms with E-state index >= 15 is 0 Å². The number of esters is 1. The fraction of sp³-hybridized carbons (Fsp3) is 0.0714. The number of Topliss-reactive ketones (excluding diaryl/α,β-unsaturated/α-hetero) is 1. The van der Waals surface area contributed by atoms with Crippen molar-refractivity contribution in [3.63, 3.8) is 0 Å². The van der Waals surface area contributed by atoms with Gasteiger partial charge in [-0.2, -0.15) is 0 Å². The lowest BCUT2D eigenvalue weighted by Crippen LogP contribution is -2.20. The van der Waals surface area contributed by atoms with E-state index in [1.54, 1.807) is 25.1 Å². The number of allylic oxidation sites excluding steroid dienone is 3. The Labute approximate surface area is 104 Å². The smallest absolute Gasteiger partial charge is 0.335 e. The van der Waals surface area contributed by atoms with Gasteiger partial charge in [-0.05, 0) is 6.92 Å². The molecule has 4 heteroatoms. The van der Waals surface area contributed by atoms with Crippen LogP contribution >= 0.6 is 0 Å². The van der Waals surface area contributed by atoms with Crippen LogP contribution in [0.15, 0.2) is 48.3 Å². The molecule has 0 atom stereocenters. The van der Waals surface area contributed by atoms with Gasteiger partial charge in [-0.1, -0.05) is 30.3 Å². The third-order valence-electron chi connectivity index (χ3n) is 2.44. The second-order valence-corrected chi connectivity index (χ2v) is 3.67. The Hall–Kier alpha value is -2.49. The minimum atomic E-state index is -0.677. The van der Waals surface area contributed by atoms with Gasteiger partial charge in [0.1, 0.15) is 0 Å². The molecule has 1 aromatic rings. The number of ether oxygens (including phenoxy) is 1. The third kappa shape index (κ3) is 2.13. The lowest BCUT2D eigenvalue weighted by molar-refractivity contribution is -0.133. The first-order valence-electron chi connectivity index (χ1n) is 5.37. The largest absolute Gasteiger partial charge is 0.419 e. The van der Waals surface area contributed by atoms with Crippen LogP contribution in [-0.4, -0.2) is 17.5 Å². The van der Waals surface area contributed by atoms with Crippen molar-refractivity contribution < 1.29 is 19.1 Å². The Balaban J connectivity index is 2.34. The minimum absolute atomic E-state index is 0.234. The summed E-state index contributed by atoms with van der Waals surface area (Å²) in [5, 5.41) is 0. The molecule has 0 saturated carbocycles. The average Bonchev–Trinajstić information content (AvgIpc) is 2.36. The predicted octanol–water partition coefficient (Wildman–Crippen LogP) is 2.07. The molecule has 0 spiro atoms. The SMILES string of the molecule is C/C=C/C(=O)OC1=CC(=O)c2ccccc2C1=O. The van der Waals surface area contributed by atoms with E-state index in [9.17, 15) is 14.4 Å². The molecule has 0 fully saturated rings. The van der Waals surface area contributed by atoms with E-state index in [1.807, 2.05) is 0 Å². The summed E-state index contributed by atoms with van der Waals surface area (Å²) >= 11 is 0. The first-order chi connectivity index (χ1) is 8.63. The maximum Gasteiger partial charge on any atom is 0.335 e. The summed E-state index contributed by atoms with van der Waals surface area (Å²) in [4.78, 5) is 35.0. The fourth-order valence-electron chi connectivity index (χ4n) is 1.65. The van der Waals surface area contributed by atoms with E-state index in [1.165, 1.54) is 18.2 Å². The fourth-order valence-corrected chi connectivity index (χ4v) is 1.65. The summed E-state index contributed by atoms with van der Waals surface area (Å²) < 4.78 is 4.84. The second kappa shape index (κ2) is 4.79. The maximum absolute atomic E-state index is 12.0. The number of hydrogen-bond donors (Lipinski definition) is 0. The Morgan fingerprint density at radius 1 is 1.17 bits per heavy atom. The van der Waals surface area contributed by atoms with Gasteiger partial charge in [-0.25, -0.2) is 4.79 Å². The van der Waals surface area contributed by atoms with Gasteiger partial charge >= 0.3 is 5.97 Å². The van der Waals surface area contributed by atoms with Crippen LogP contribution in [0.2, 0.25) is 0 Å². The predicted molar refractivity (Wildman–Crippen MR) is 64.1 cm³/mol. The summed E-state index contributed by atoms with van der Waals surface area (Å²) in [6.45, 7) is 1.65. The molecular weight excluding hydrogens is 232 g/mol. The van der Waals surface area contributed by atoms with Crippen LogP contribution in [0.4, 0.5) is 0 Å². The zero-order valence-electron chi connectivity index (χ0n) is 9.67. The Morgan fingerprint density at radius 2 is 1.83 bits per heavy atom. The first-order valence-corrected chi connectivity index (χ1v) is 5.37. The lowest BCUT2D eigenvalue weighted by Gasteiger charge is -2.13. The van der Waals surface area contributed by atoms with Gasteiger partial charge in [0.05, 0.1) is 0 Å². The van der Waals surface area contributed by atoms with Gasteiger partial charge < -0.3 is 4.74 Å². The van der Waals surface area contributed by atoms with E-state index in [4.69, 9.17) is 4.74 Å². The summed E-state index contributed by atoms with van der Waals surface area (Å²) in [5.74, 6) is -1.71. The quantitative estimate of drug-likeness (QED) is 0.588. The number of rotatable bonds is 2. The summed E-state index contributed by atoms with van der Waals surface area (Å²) in [6.07, 6.45) is 3.72. The highest BCUT2D eigenvalue weighted by molar-refractivity contribution is 6.24. The zero-order chi connectivity index (χ0) is 13.1. The highest BCUT2D eigenvalue weighted by Gasteiger charge is 2.27. The van der Waals surface area contributed by atoms with Crippen molar-refractivity contribution in [2.24, 2.45) is 0 Å². The molecule has 0 aliphatic heterocycles. The normalized spacial score (nSPS) is 14.4. The molecule has 1 aliphatic rings. The lowest BCUT2D eigenvalue weighted by atomic mass is 9.94. The van der Waals surface area contributed by atoms with Crippen molar-refractivity contribution in [3.8, 4) is 0 Å². The second-order valence-electron chi connectivity index (χ2n) is 3.67. The van der Waals surface area contributed by atoms with Crippen molar-refractivity contribution in [2.45, 2.75) is 6.92 Å². The zero-order valence-corrected chi connectivity index (χ0v) is 9.67. The van der Waals surface area contributed by atoms with Crippen molar-refractivity contribution in [2.75, 3.05) is 0 Å². The van der Waals surface area contributed by atoms with E-state index in [2.05, 4.69) is 0 Å². The Morgan fingerprint density at radius 3 is 2.50 bits per heavy atom. The van der Waals surface area contributed by atoms with Crippen LogP contribution in [-0.2, 0) is 9.53 Å². The molecule has 1 aliphatic carbocycles. The molecule has 90 valence electrons. The molecule has 4 nitrogen and oxygen atoms in total. The number of carbonyl (C=O) groups excluding carboxylic acids is 3. The topological polar surface area (TPSA) is 60.4 Å². The minimum Gasteiger partial charge on any atom is -0.419 e. The molecule has 0 unspecified atom stereocenters. The van der Waals surface area contributed by atoms with E-state index in [0.717, 1.165) is 6.08 Å². The highest BCUT2D eigenvalue weighted by atomic mass is 16.5. The van der Waals surface area contributed by atoms with E-state index in [0.29, 0.717) is 5.56 Å². The molecule has 1 aromatic carbocycles. The van der Waals surface area contributed by atoms with Crippen LogP contribution in [0, 0.1) is 0 Å². The number of fused-ring (bicyclic) bond motifs is 1. The van der Waals surface area contributed by atoms with E-state index in [-0.39, 0.29) is 17.1 Å². The van der Waals surface area contributed by atoms with Crippen molar-refractivity contribution in [1.82, 2.24) is 0 Å². The molecule has 0 aromatic heterocycles. The Bertz CT molecular complexity index is 594. The molecule has 0 saturated heterocycles.